The van der Waals surface area contributed by atoms with Crippen LogP contribution in [0, 0.1) is 0 Å². The number of Topliss-reactive ketones (excluding diaryl/α,β-unsaturated/α-hetero) is 1. The Balaban J connectivity index is 1.41. The Morgan fingerprint density at radius 3 is 2.74 bits per heavy atom. The molecule has 1 aromatic carbocycles. The topological polar surface area (TPSA) is 85.4 Å². The monoisotopic (exact) mass is 478 g/mol. The fourth-order valence-electron chi connectivity index (χ4n) is 3.66. The van der Waals surface area contributed by atoms with E-state index in [4.69, 9.17) is 0 Å². The summed E-state index contributed by atoms with van der Waals surface area (Å²) in [4.78, 5) is 36.6. The van der Waals surface area contributed by atoms with Crippen molar-refractivity contribution in [2.45, 2.75) is 12.8 Å². The lowest BCUT2D eigenvalue weighted by atomic mass is 10.1. The van der Waals surface area contributed by atoms with Crippen LogP contribution in [0.25, 0.3) is 17.0 Å². The quantitative estimate of drug-likeness (QED) is 0.411. The highest BCUT2D eigenvalue weighted by Crippen LogP contribution is 2.23. The lowest BCUT2D eigenvalue weighted by Crippen LogP contribution is -2.42. The summed E-state index contributed by atoms with van der Waals surface area (Å²) in [6.07, 6.45) is 6.28. The number of ketones is 1. The van der Waals surface area contributed by atoms with Gasteiger partial charge in [0.15, 0.2) is 5.78 Å². The largest absolute Gasteiger partial charge is 0.338 e. The summed E-state index contributed by atoms with van der Waals surface area (Å²) in [5, 5.41) is 4.14. The van der Waals surface area contributed by atoms with Gasteiger partial charge < -0.3 is 4.90 Å². The Labute approximate surface area is 186 Å². The maximum atomic E-state index is 13.0. The highest BCUT2D eigenvalue weighted by Gasteiger charge is 2.28. The first-order valence-corrected chi connectivity index (χ1v) is 10.7. The number of rotatable bonds is 5. The second-order valence-electron chi connectivity index (χ2n) is 7.54. The lowest BCUT2D eigenvalue weighted by Gasteiger charge is -2.30. The van der Waals surface area contributed by atoms with Crippen LogP contribution in [0.15, 0.2) is 53.4 Å². The van der Waals surface area contributed by atoms with Gasteiger partial charge in [-0.05, 0) is 24.6 Å². The lowest BCUT2D eigenvalue weighted by molar-refractivity contribution is 0.0647. The Kier molecular flexibility index (Phi) is 4.90. The molecule has 4 aromatic rings. The number of fused-ring (bicyclic) bond motifs is 1. The zero-order chi connectivity index (χ0) is 21.5. The average molecular weight is 479 g/mol. The molecule has 4 heterocycles. The number of aromatic nitrogens is 5. The Hall–Kier alpha value is -3.33. The smallest absolute Gasteiger partial charge is 0.257 e. The first-order chi connectivity index (χ1) is 15.0. The molecule has 0 spiro atoms. The number of hydrogen-bond donors (Lipinski definition) is 0. The molecule has 5 rings (SSSR count). The summed E-state index contributed by atoms with van der Waals surface area (Å²) >= 11 is 3.48. The molecule has 1 fully saturated rings. The predicted octanol–water partition coefficient (Wildman–Crippen LogP) is 3.16. The molecule has 0 radical (unpaired) electrons. The minimum absolute atomic E-state index is 0.0649. The molecule has 156 valence electrons. The van der Waals surface area contributed by atoms with E-state index in [0.29, 0.717) is 22.7 Å². The molecule has 8 nitrogen and oxygen atoms in total. The van der Waals surface area contributed by atoms with E-state index in [1.54, 1.807) is 18.0 Å². The minimum atomic E-state index is -0.195. The van der Waals surface area contributed by atoms with E-state index >= 15 is 0 Å². The molecule has 1 saturated heterocycles. The zero-order valence-corrected chi connectivity index (χ0v) is 18.4. The van der Waals surface area contributed by atoms with E-state index in [9.17, 15) is 9.59 Å². The van der Waals surface area contributed by atoms with Gasteiger partial charge in [-0.2, -0.15) is 5.10 Å². The molecule has 1 amide bonds. The van der Waals surface area contributed by atoms with Crippen LogP contribution >= 0.6 is 15.9 Å². The number of hydrogen-bond acceptors (Lipinski definition) is 5. The molecular formula is C22H19BrN6O2. The van der Waals surface area contributed by atoms with Crippen molar-refractivity contribution in [1.29, 1.82) is 0 Å². The molecule has 0 bridgehead atoms. The van der Waals surface area contributed by atoms with Gasteiger partial charge in [-0.1, -0.05) is 28.1 Å². The van der Waals surface area contributed by atoms with Gasteiger partial charge in [-0.3, -0.25) is 18.7 Å². The Morgan fingerprint density at radius 2 is 2.00 bits per heavy atom. The normalized spacial score (nSPS) is 13.4. The van der Waals surface area contributed by atoms with Gasteiger partial charge in [0.05, 0.1) is 29.6 Å². The summed E-state index contributed by atoms with van der Waals surface area (Å²) in [5.41, 5.74) is 3.03. The number of imidazole rings is 1. The van der Waals surface area contributed by atoms with Crippen LogP contribution in [-0.4, -0.2) is 53.8 Å². The van der Waals surface area contributed by atoms with E-state index in [1.807, 2.05) is 41.1 Å². The molecule has 0 saturated carbocycles. The van der Waals surface area contributed by atoms with Crippen molar-refractivity contribution in [1.82, 2.24) is 29.0 Å². The maximum Gasteiger partial charge on any atom is 0.257 e. The first-order valence-electron chi connectivity index (χ1n) is 9.94. The second-order valence-corrected chi connectivity index (χ2v) is 8.45. The molecule has 0 unspecified atom stereocenters. The van der Waals surface area contributed by atoms with Crippen LogP contribution in [-0.2, 0) is 13.5 Å². The highest BCUT2D eigenvalue weighted by atomic mass is 79.9. The van der Waals surface area contributed by atoms with Crippen molar-refractivity contribution in [2.75, 3.05) is 13.1 Å². The summed E-state index contributed by atoms with van der Waals surface area (Å²) in [6, 6.07) is 9.68. The summed E-state index contributed by atoms with van der Waals surface area (Å²) in [6.45, 7) is 1.44. The van der Waals surface area contributed by atoms with Crippen molar-refractivity contribution < 1.29 is 9.59 Å². The highest BCUT2D eigenvalue weighted by molar-refractivity contribution is 9.10. The number of likely N-dealkylation sites (tertiary alicyclic amines) is 1. The number of carbonyl (C=O) groups is 2. The van der Waals surface area contributed by atoms with Crippen LogP contribution in [0.1, 0.15) is 33.0 Å². The van der Waals surface area contributed by atoms with Crippen LogP contribution in [0.3, 0.4) is 0 Å². The van der Waals surface area contributed by atoms with Gasteiger partial charge in [0, 0.05) is 42.6 Å². The maximum absolute atomic E-state index is 13.0. The Bertz CT molecular complexity index is 1320. The van der Waals surface area contributed by atoms with E-state index in [2.05, 4.69) is 31.0 Å². The van der Waals surface area contributed by atoms with E-state index in [-0.39, 0.29) is 18.1 Å². The van der Waals surface area contributed by atoms with Crippen LogP contribution in [0.4, 0.5) is 0 Å². The second kappa shape index (κ2) is 7.73. The van der Waals surface area contributed by atoms with Gasteiger partial charge in [-0.15, -0.1) is 0 Å². The third-order valence-corrected chi connectivity index (χ3v) is 5.92. The molecule has 9 heteroatoms. The molecule has 31 heavy (non-hydrogen) atoms. The predicted molar refractivity (Wildman–Crippen MR) is 118 cm³/mol. The van der Waals surface area contributed by atoms with Crippen LogP contribution in [0.2, 0.25) is 0 Å². The number of carbonyl (C=O) groups excluding carboxylic acids is 2. The number of amides is 1. The summed E-state index contributed by atoms with van der Waals surface area (Å²) < 4.78 is 4.27. The fraction of sp³-hybridized carbons (Fsp3) is 0.227. The fourth-order valence-corrected chi connectivity index (χ4v) is 4.06. The number of halogens is 1. The molecule has 3 aromatic heterocycles. The molecule has 0 atom stereocenters. The van der Waals surface area contributed by atoms with Crippen molar-refractivity contribution in [3.63, 3.8) is 0 Å². The van der Waals surface area contributed by atoms with Crippen molar-refractivity contribution >= 4 is 33.4 Å². The molecule has 0 aliphatic carbocycles. The van der Waals surface area contributed by atoms with E-state index < -0.39 is 0 Å². The molecule has 1 aliphatic heterocycles. The van der Waals surface area contributed by atoms with Crippen LogP contribution in [0.5, 0.6) is 0 Å². The molecule has 0 N–H and O–H groups in total. The van der Waals surface area contributed by atoms with Gasteiger partial charge in [0.1, 0.15) is 5.69 Å². The first kappa shape index (κ1) is 19.6. The van der Waals surface area contributed by atoms with Gasteiger partial charge in [-0.25, -0.2) is 9.97 Å². The average Bonchev–Trinajstić information content (AvgIpc) is 3.29. The zero-order valence-electron chi connectivity index (χ0n) is 16.8. The van der Waals surface area contributed by atoms with E-state index in [0.717, 1.165) is 35.2 Å². The van der Waals surface area contributed by atoms with Gasteiger partial charge in [0.25, 0.3) is 5.91 Å². The molecular weight excluding hydrogens is 460 g/mol. The van der Waals surface area contributed by atoms with Gasteiger partial charge >= 0.3 is 0 Å². The van der Waals surface area contributed by atoms with Crippen LogP contribution < -0.4 is 0 Å². The Morgan fingerprint density at radius 1 is 1.16 bits per heavy atom. The molecule has 1 aliphatic rings. The van der Waals surface area contributed by atoms with Crippen molar-refractivity contribution in [2.24, 2.45) is 7.05 Å². The van der Waals surface area contributed by atoms with Gasteiger partial charge in [0.2, 0.25) is 5.78 Å². The number of aryl methyl sites for hydroxylation is 1. The van der Waals surface area contributed by atoms with Crippen molar-refractivity contribution in [3.8, 4) is 11.3 Å². The van der Waals surface area contributed by atoms with Crippen molar-refractivity contribution in [3.05, 3.63) is 70.3 Å². The standard InChI is InChI=1S/C22H19BrN6O2/c1-27-20(17(12-24-27)21(31)28-7-3-8-28)19(30)11-16-6-9-29-13-18(26-22(29)25-16)14-4-2-5-15(23)10-14/h2,4-6,9-10,12-13H,3,7-8,11H2,1H3. The SMILES string of the molecule is Cn1ncc(C(=O)N2CCC2)c1C(=O)Cc1ccn2cc(-c3cccc(Br)c3)nc2n1. The number of benzene rings is 1. The van der Waals surface area contributed by atoms with E-state index in [1.165, 1.54) is 10.9 Å². The third kappa shape index (κ3) is 3.65. The minimum Gasteiger partial charge on any atom is -0.338 e. The number of nitrogens with zero attached hydrogens (tertiary/aromatic N) is 6. The third-order valence-electron chi connectivity index (χ3n) is 5.42. The summed E-state index contributed by atoms with van der Waals surface area (Å²) in [5.74, 6) is 0.180. The summed E-state index contributed by atoms with van der Waals surface area (Å²) in [7, 11) is 1.68.